The van der Waals surface area contributed by atoms with Gasteiger partial charge in [0.05, 0.1) is 0 Å². The molecule has 1 aliphatic heterocycles. The summed E-state index contributed by atoms with van der Waals surface area (Å²) in [7, 11) is 0. The third-order valence-corrected chi connectivity index (χ3v) is 4.45. The highest BCUT2D eigenvalue weighted by Crippen LogP contribution is 2.17. The molecule has 0 spiro atoms. The van der Waals surface area contributed by atoms with E-state index in [0.717, 1.165) is 28.8 Å². The summed E-state index contributed by atoms with van der Waals surface area (Å²) in [5, 5.41) is 3.89. The van der Waals surface area contributed by atoms with Gasteiger partial charge in [0.15, 0.2) is 0 Å². The zero-order valence-electron chi connectivity index (χ0n) is 8.91. The fraction of sp³-hybridized carbons (Fsp3) is 0.417. The molecule has 1 aromatic rings. The van der Waals surface area contributed by atoms with Gasteiger partial charge < -0.3 is 5.32 Å². The Kier molecular flexibility index (Phi) is 4.29. The minimum Gasteiger partial charge on any atom is -0.348 e. The van der Waals surface area contributed by atoms with Crippen LogP contribution in [0.3, 0.4) is 0 Å². The lowest BCUT2D eigenvalue weighted by Gasteiger charge is -2.11. The van der Waals surface area contributed by atoms with Crippen molar-refractivity contribution in [2.45, 2.75) is 17.8 Å². The second-order valence-electron chi connectivity index (χ2n) is 3.86. The first-order valence-corrected chi connectivity index (χ1v) is 7.60. The van der Waals surface area contributed by atoms with E-state index < -0.39 is 0 Å². The van der Waals surface area contributed by atoms with Gasteiger partial charge in [-0.25, -0.2) is 0 Å². The predicted octanol–water partition coefficient (Wildman–Crippen LogP) is 2.82. The second kappa shape index (κ2) is 5.73. The van der Waals surface area contributed by atoms with Crippen LogP contribution < -0.4 is 5.32 Å². The van der Waals surface area contributed by atoms with Crippen LogP contribution in [0.25, 0.3) is 0 Å². The first kappa shape index (κ1) is 12.0. The van der Waals surface area contributed by atoms with E-state index in [0.29, 0.717) is 6.04 Å². The molecule has 0 aromatic heterocycles. The van der Waals surface area contributed by atoms with Crippen molar-refractivity contribution < 1.29 is 4.79 Å². The van der Waals surface area contributed by atoms with Crippen molar-refractivity contribution in [3.63, 3.8) is 0 Å². The average molecular weight is 300 g/mol. The fourth-order valence-corrected chi connectivity index (χ4v) is 3.19. The van der Waals surface area contributed by atoms with Crippen LogP contribution in [-0.4, -0.2) is 23.5 Å². The highest BCUT2D eigenvalue weighted by Gasteiger charge is 2.18. The second-order valence-corrected chi connectivity index (χ2v) is 5.58. The third-order valence-electron chi connectivity index (χ3n) is 2.64. The van der Waals surface area contributed by atoms with Gasteiger partial charge >= 0.3 is 0 Å². The van der Waals surface area contributed by atoms with Crippen molar-refractivity contribution in [3.8, 4) is 0 Å². The molecule has 2 rings (SSSR count). The number of rotatable bonds is 3. The van der Waals surface area contributed by atoms with Crippen LogP contribution in [-0.2, 0) is 5.33 Å². The molecule has 16 heavy (non-hydrogen) atoms. The minimum absolute atomic E-state index is 0.0497. The number of carbonyl (C=O) groups is 1. The van der Waals surface area contributed by atoms with Crippen LogP contribution in [0.2, 0.25) is 0 Å². The Balaban J connectivity index is 1.97. The number of carbonyl (C=O) groups excluding carboxylic acids is 1. The number of halogens is 1. The number of alkyl halides is 1. The summed E-state index contributed by atoms with van der Waals surface area (Å²) in [4.78, 5) is 11.9. The van der Waals surface area contributed by atoms with Gasteiger partial charge in [0.2, 0.25) is 0 Å². The summed E-state index contributed by atoms with van der Waals surface area (Å²) in [6.07, 6.45) is 1.09. The van der Waals surface area contributed by atoms with Gasteiger partial charge in [-0.05, 0) is 29.9 Å². The van der Waals surface area contributed by atoms with Gasteiger partial charge in [0.25, 0.3) is 5.91 Å². The molecule has 1 aliphatic rings. The lowest BCUT2D eigenvalue weighted by molar-refractivity contribution is 0.0941. The molecule has 2 nitrogen and oxygen atoms in total. The van der Waals surface area contributed by atoms with Crippen molar-refractivity contribution >= 4 is 33.6 Å². The molecule has 1 heterocycles. The highest BCUT2D eigenvalue weighted by atomic mass is 79.9. The van der Waals surface area contributed by atoms with Crippen LogP contribution in [0.5, 0.6) is 0 Å². The number of benzene rings is 1. The Bertz CT molecular complexity index is 360. The Morgan fingerprint density at radius 2 is 2.19 bits per heavy atom. The lowest BCUT2D eigenvalue weighted by Crippen LogP contribution is -2.34. The van der Waals surface area contributed by atoms with Crippen molar-refractivity contribution in [2.24, 2.45) is 0 Å². The number of nitrogens with one attached hydrogen (secondary N) is 1. The first-order chi connectivity index (χ1) is 7.79. The van der Waals surface area contributed by atoms with Crippen LogP contribution in [0.15, 0.2) is 24.3 Å². The van der Waals surface area contributed by atoms with Gasteiger partial charge in [-0.2, -0.15) is 11.8 Å². The van der Waals surface area contributed by atoms with E-state index in [9.17, 15) is 4.79 Å². The number of hydrogen-bond acceptors (Lipinski definition) is 2. The normalized spacial score (nSPS) is 19.7. The fourth-order valence-electron chi connectivity index (χ4n) is 1.66. The monoisotopic (exact) mass is 299 g/mol. The maximum absolute atomic E-state index is 11.9. The van der Waals surface area contributed by atoms with Gasteiger partial charge in [-0.15, -0.1) is 0 Å². The van der Waals surface area contributed by atoms with E-state index in [-0.39, 0.29) is 5.91 Å². The highest BCUT2D eigenvalue weighted by molar-refractivity contribution is 9.08. The Morgan fingerprint density at radius 3 is 2.75 bits per heavy atom. The van der Waals surface area contributed by atoms with Crippen LogP contribution >= 0.6 is 27.7 Å². The maximum Gasteiger partial charge on any atom is 0.251 e. The van der Waals surface area contributed by atoms with E-state index in [1.807, 2.05) is 36.0 Å². The zero-order chi connectivity index (χ0) is 11.4. The topological polar surface area (TPSA) is 29.1 Å². The van der Waals surface area contributed by atoms with Gasteiger partial charge in [-0.3, -0.25) is 4.79 Å². The largest absolute Gasteiger partial charge is 0.348 e. The van der Waals surface area contributed by atoms with Crippen molar-refractivity contribution in [1.29, 1.82) is 0 Å². The lowest BCUT2D eigenvalue weighted by atomic mass is 10.1. The van der Waals surface area contributed by atoms with E-state index in [1.54, 1.807) is 0 Å². The SMILES string of the molecule is O=C(NC1CCSC1)c1ccc(CBr)cc1. The summed E-state index contributed by atoms with van der Waals surface area (Å²) in [5.74, 6) is 2.26. The molecule has 0 radical (unpaired) electrons. The third kappa shape index (κ3) is 3.01. The maximum atomic E-state index is 11.9. The Labute approximate surface area is 108 Å². The molecule has 0 saturated carbocycles. The Morgan fingerprint density at radius 1 is 1.44 bits per heavy atom. The van der Waals surface area contributed by atoms with Crippen LogP contribution in [0, 0.1) is 0 Å². The van der Waals surface area contributed by atoms with E-state index >= 15 is 0 Å². The summed E-state index contributed by atoms with van der Waals surface area (Å²) in [5.41, 5.74) is 1.94. The van der Waals surface area contributed by atoms with E-state index in [1.165, 1.54) is 5.56 Å². The molecule has 1 unspecified atom stereocenters. The molecule has 86 valence electrons. The summed E-state index contributed by atoms with van der Waals surface area (Å²) in [6, 6.07) is 8.08. The van der Waals surface area contributed by atoms with E-state index in [2.05, 4.69) is 21.2 Å². The van der Waals surface area contributed by atoms with Gasteiger partial charge in [0.1, 0.15) is 0 Å². The summed E-state index contributed by atoms with van der Waals surface area (Å²) in [6.45, 7) is 0. The van der Waals surface area contributed by atoms with Gasteiger partial charge in [-0.1, -0.05) is 28.1 Å². The first-order valence-electron chi connectivity index (χ1n) is 5.33. The quantitative estimate of drug-likeness (QED) is 0.870. The molecule has 1 atom stereocenters. The smallest absolute Gasteiger partial charge is 0.251 e. The number of amides is 1. The summed E-state index contributed by atoms with van der Waals surface area (Å²) < 4.78 is 0. The van der Waals surface area contributed by atoms with Gasteiger partial charge in [0, 0.05) is 22.7 Å². The molecular weight excluding hydrogens is 286 g/mol. The minimum atomic E-state index is 0.0497. The van der Waals surface area contributed by atoms with Crippen molar-refractivity contribution in [3.05, 3.63) is 35.4 Å². The molecule has 0 aliphatic carbocycles. The van der Waals surface area contributed by atoms with Crippen molar-refractivity contribution in [2.75, 3.05) is 11.5 Å². The summed E-state index contributed by atoms with van der Waals surface area (Å²) >= 11 is 5.29. The molecule has 0 bridgehead atoms. The van der Waals surface area contributed by atoms with E-state index in [4.69, 9.17) is 0 Å². The molecule has 1 aromatic carbocycles. The molecule has 1 saturated heterocycles. The molecule has 1 fully saturated rings. The predicted molar refractivity (Wildman–Crippen MR) is 72.3 cm³/mol. The Hall–Kier alpha value is -0.480. The molecule has 4 heteroatoms. The molecule has 1 N–H and O–H groups in total. The zero-order valence-corrected chi connectivity index (χ0v) is 11.3. The van der Waals surface area contributed by atoms with Crippen LogP contribution in [0.4, 0.5) is 0 Å². The molecule has 1 amide bonds. The van der Waals surface area contributed by atoms with Crippen LogP contribution in [0.1, 0.15) is 22.3 Å². The standard InChI is InChI=1S/C12H14BrNOS/c13-7-9-1-3-10(4-2-9)12(15)14-11-5-6-16-8-11/h1-4,11H,5-8H2,(H,14,15). The van der Waals surface area contributed by atoms with Crippen molar-refractivity contribution in [1.82, 2.24) is 5.32 Å². The number of thioether (sulfide) groups is 1. The number of hydrogen-bond donors (Lipinski definition) is 1. The average Bonchev–Trinajstić information content (AvgIpc) is 2.82. The molecular formula is C12H14BrNOS.